The van der Waals surface area contributed by atoms with E-state index in [9.17, 15) is 9.90 Å². The summed E-state index contributed by atoms with van der Waals surface area (Å²) in [5.74, 6) is 0.232. The highest BCUT2D eigenvalue weighted by molar-refractivity contribution is 5.83. The van der Waals surface area contributed by atoms with E-state index in [2.05, 4.69) is 52.5 Å². The molecule has 2 aromatic carbocycles. The first kappa shape index (κ1) is 20.6. The van der Waals surface area contributed by atoms with Crippen LogP contribution in [0, 0.1) is 0 Å². The predicted molar refractivity (Wildman–Crippen MR) is 108 cm³/mol. The van der Waals surface area contributed by atoms with Crippen LogP contribution in [0.3, 0.4) is 0 Å². The molecule has 0 fully saturated rings. The molecular formula is C22H34N2O2+2. The van der Waals surface area contributed by atoms with Crippen molar-refractivity contribution < 1.29 is 18.9 Å². The molecule has 0 aliphatic rings. The van der Waals surface area contributed by atoms with E-state index in [0.29, 0.717) is 13.1 Å². The molecule has 0 amide bonds. The highest BCUT2D eigenvalue weighted by atomic mass is 16.3. The number of hydrogen-bond acceptors (Lipinski definition) is 2. The molecule has 2 rings (SSSR count). The van der Waals surface area contributed by atoms with Crippen molar-refractivity contribution in [3.63, 3.8) is 0 Å². The largest absolute Gasteiger partial charge is 0.382 e. The molecule has 1 atom stereocenters. The number of Topliss-reactive ketones (excluding diaryl/α,β-unsaturated/α-hetero) is 1. The molecule has 2 aromatic rings. The predicted octanol–water partition coefficient (Wildman–Crippen LogP) is 3.01. The number of aliphatic hydroxyl groups excluding tert-OH is 1. The summed E-state index contributed by atoms with van der Waals surface area (Å²) < 4.78 is 1.48. The molecule has 0 saturated heterocycles. The minimum absolute atomic E-state index is 0.232. The van der Waals surface area contributed by atoms with Crippen molar-refractivity contribution in [1.29, 1.82) is 0 Å². The summed E-state index contributed by atoms with van der Waals surface area (Å²) in [7, 11) is 8.53. The van der Waals surface area contributed by atoms with Crippen LogP contribution < -0.4 is 0 Å². The highest BCUT2D eigenvalue weighted by Crippen LogP contribution is 2.22. The number of quaternary nitrogens is 2. The van der Waals surface area contributed by atoms with Gasteiger partial charge in [-0.1, -0.05) is 36.4 Å². The molecule has 0 aliphatic carbocycles. The normalized spacial score (nSPS) is 13.8. The zero-order chi connectivity index (χ0) is 19.4. The number of nitrogens with zero attached hydrogens (tertiary/aromatic N) is 2. The first-order chi connectivity index (χ1) is 12.1. The molecule has 1 N–H and O–H groups in total. The number of ketones is 1. The standard InChI is InChI=1S/C22H34N2O2/c1-18(25)16-23(2,3)13-8-14-24(4,5)17-22(26)21-12-11-19-9-6-7-10-20(19)15-21/h6-7,9-12,15,22,26H,8,13-14,16-17H2,1-5H3/q+2. The molecule has 26 heavy (non-hydrogen) atoms. The van der Waals surface area contributed by atoms with Crippen LogP contribution in [0.25, 0.3) is 10.8 Å². The summed E-state index contributed by atoms with van der Waals surface area (Å²) in [5, 5.41) is 13.1. The Morgan fingerprint density at radius 3 is 2.23 bits per heavy atom. The minimum atomic E-state index is -0.477. The summed E-state index contributed by atoms with van der Waals surface area (Å²) in [6, 6.07) is 14.4. The van der Waals surface area contributed by atoms with E-state index in [-0.39, 0.29) is 5.78 Å². The summed E-state index contributed by atoms with van der Waals surface area (Å²) in [4.78, 5) is 11.4. The van der Waals surface area contributed by atoms with Crippen molar-refractivity contribution in [1.82, 2.24) is 0 Å². The van der Waals surface area contributed by atoms with Crippen molar-refractivity contribution in [2.75, 3.05) is 54.4 Å². The Labute approximate surface area is 157 Å². The van der Waals surface area contributed by atoms with Gasteiger partial charge in [0.2, 0.25) is 0 Å². The second-order valence-electron chi connectivity index (χ2n) is 8.84. The van der Waals surface area contributed by atoms with Crippen LogP contribution >= 0.6 is 0 Å². The summed E-state index contributed by atoms with van der Waals surface area (Å²) in [6.45, 7) is 4.85. The van der Waals surface area contributed by atoms with E-state index in [4.69, 9.17) is 0 Å². The van der Waals surface area contributed by atoms with E-state index < -0.39 is 6.10 Å². The van der Waals surface area contributed by atoms with Gasteiger partial charge >= 0.3 is 0 Å². The molecule has 0 aromatic heterocycles. The Hall–Kier alpha value is -1.75. The summed E-state index contributed by atoms with van der Waals surface area (Å²) in [5.41, 5.74) is 0.975. The quantitative estimate of drug-likeness (QED) is 0.700. The molecule has 0 spiro atoms. The monoisotopic (exact) mass is 358 g/mol. The number of aliphatic hydroxyl groups is 1. The molecule has 0 radical (unpaired) electrons. The Bertz CT molecular complexity index is 753. The fourth-order valence-corrected chi connectivity index (χ4v) is 3.69. The van der Waals surface area contributed by atoms with Gasteiger partial charge in [-0.15, -0.1) is 0 Å². The summed E-state index contributed by atoms with van der Waals surface area (Å²) >= 11 is 0. The lowest BCUT2D eigenvalue weighted by Gasteiger charge is -2.34. The van der Waals surface area contributed by atoms with Gasteiger partial charge in [-0.3, -0.25) is 4.79 Å². The Morgan fingerprint density at radius 1 is 0.962 bits per heavy atom. The number of likely N-dealkylation sites (N-methyl/N-ethyl adjacent to an activating group) is 2. The number of carbonyl (C=O) groups is 1. The van der Waals surface area contributed by atoms with Gasteiger partial charge in [0, 0.05) is 13.3 Å². The lowest BCUT2D eigenvalue weighted by Crippen LogP contribution is -2.48. The first-order valence-electron chi connectivity index (χ1n) is 9.38. The lowest BCUT2D eigenvalue weighted by molar-refractivity contribution is -0.908. The number of fused-ring (bicyclic) bond motifs is 1. The van der Waals surface area contributed by atoms with Crippen molar-refractivity contribution in [2.45, 2.75) is 19.4 Å². The SMILES string of the molecule is CC(=O)C[N+](C)(C)CCC[N+](C)(C)CC(O)c1ccc2ccccc2c1. The number of rotatable bonds is 9. The van der Waals surface area contributed by atoms with Gasteiger partial charge in [-0.2, -0.15) is 0 Å². The van der Waals surface area contributed by atoms with Crippen LogP contribution in [0.1, 0.15) is 25.0 Å². The van der Waals surface area contributed by atoms with Gasteiger partial charge < -0.3 is 14.1 Å². The fraction of sp³-hybridized carbons (Fsp3) is 0.500. The third-order valence-corrected chi connectivity index (χ3v) is 5.00. The van der Waals surface area contributed by atoms with E-state index in [1.807, 2.05) is 18.2 Å². The Morgan fingerprint density at radius 2 is 1.58 bits per heavy atom. The van der Waals surface area contributed by atoms with Gasteiger partial charge in [-0.25, -0.2) is 0 Å². The first-order valence-corrected chi connectivity index (χ1v) is 9.38. The molecule has 142 valence electrons. The van der Waals surface area contributed by atoms with Crippen LogP contribution in [0.5, 0.6) is 0 Å². The Balaban J connectivity index is 1.93. The topological polar surface area (TPSA) is 37.3 Å². The highest BCUT2D eigenvalue weighted by Gasteiger charge is 2.24. The zero-order valence-electron chi connectivity index (χ0n) is 16.9. The fourth-order valence-electron chi connectivity index (χ4n) is 3.69. The van der Waals surface area contributed by atoms with Gasteiger partial charge in [0.1, 0.15) is 19.2 Å². The molecule has 1 unspecified atom stereocenters. The van der Waals surface area contributed by atoms with Crippen LogP contribution in [0.2, 0.25) is 0 Å². The van der Waals surface area contributed by atoms with E-state index >= 15 is 0 Å². The van der Waals surface area contributed by atoms with Gasteiger partial charge in [0.05, 0.1) is 41.3 Å². The maximum atomic E-state index is 11.4. The van der Waals surface area contributed by atoms with Crippen molar-refractivity contribution in [3.05, 3.63) is 48.0 Å². The average Bonchev–Trinajstić information content (AvgIpc) is 2.52. The van der Waals surface area contributed by atoms with E-state index in [0.717, 1.165) is 39.4 Å². The lowest BCUT2D eigenvalue weighted by atomic mass is 10.0. The van der Waals surface area contributed by atoms with Crippen LogP contribution in [-0.2, 0) is 4.79 Å². The van der Waals surface area contributed by atoms with Crippen molar-refractivity contribution in [3.8, 4) is 0 Å². The maximum absolute atomic E-state index is 11.4. The second kappa shape index (κ2) is 8.30. The van der Waals surface area contributed by atoms with Crippen LogP contribution in [-0.4, -0.2) is 74.2 Å². The molecule has 0 aliphatic heterocycles. The molecule has 4 heteroatoms. The third-order valence-electron chi connectivity index (χ3n) is 5.00. The van der Waals surface area contributed by atoms with Crippen molar-refractivity contribution in [2.24, 2.45) is 0 Å². The Kier molecular flexibility index (Phi) is 6.56. The zero-order valence-corrected chi connectivity index (χ0v) is 16.9. The molecule has 0 bridgehead atoms. The molecule has 0 heterocycles. The smallest absolute Gasteiger partial charge is 0.183 e. The van der Waals surface area contributed by atoms with E-state index in [1.54, 1.807) is 6.92 Å². The van der Waals surface area contributed by atoms with Gasteiger partial charge in [0.15, 0.2) is 5.78 Å². The minimum Gasteiger partial charge on any atom is -0.382 e. The number of hydrogen-bond donors (Lipinski definition) is 1. The van der Waals surface area contributed by atoms with E-state index in [1.165, 1.54) is 5.39 Å². The van der Waals surface area contributed by atoms with Crippen LogP contribution in [0.4, 0.5) is 0 Å². The molecule has 0 saturated carbocycles. The van der Waals surface area contributed by atoms with Gasteiger partial charge in [0.25, 0.3) is 0 Å². The summed E-state index contributed by atoms with van der Waals surface area (Å²) in [6.07, 6.45) is 0.548. The van der Waals surface area contributed by atoms with Crippen LogP contribution in [0.15, 0.2) is 42.5 Å². The second-order valence-corrected chi connectivity index (χ2v) is 8.84. The maximum Gasteiger partial charge on any atom is 0.183 e. The number of benzene rings is 2. The van der Waals surface area contributed by atoms with Crippen molar-refractivity contribution >= 4 is 16.6 Å². The molecular weight excluding hydrogens is 324 g/mol. The average molecular weight is 359 g/mol. The number of carbonyl (C=O) groups excluding carboxylic acids is 1. The third kappa shape index (κ3) is 6.20. The van der Waals surface area contributed by atoms with Gasteiger partial charge in [-0.05, 0) is 22.4 Å². The molecule has 4 nitrogen and oxygen atoms in total.